The van der Waals surface area contributed by atoms with E-state index in [9.17, 15) is 18.0 Å². The number of ether oxygens (including phenoxy) is 1. The SMILES string of the molecule is COc1ccc(CC(=O)O)cc1-c1ccc(NS(C)(=O)=O)cc1CNC(C)=O. The fraction of sp³-hybridized carbons (Fsp3) is 0.263. The molecule has 0 aliphatic heterocycles. The number of anilines is 1. The molecule has 0 radical (unpaired) electrons. The average Bonchev–Trinajstić information content (AvgIpc) is 2.58. The summed E-state index contributed by atoms with van der Waals surface area (Å²) in [5.74, 6) is -0.664. The third-order valence-corrected chi connectivity index (χ3v) is 4.45. The minimum absolute atomic E-state index is 0.147. The van der Waals surface area contributed by atoms with Crippen LogP contribution in [0, 0.1) is 0 Å². The number of benzene rings is 2. The van der Waals surface area contributed by atoms with Crippen molar-refractivity contribution in [2.75, 3.05) is 18.1 Å². The molecule has 0 fully saturated rings. The van der Waals surface area contributed by atoms with Crippen molar-refractivity contribution in [3.8, 4) is 16.9 Å². The number of carboxylic acid groups (broad SMARTS) is 1. The van der Waals surface area contributed by atoms with Crippen LogP contribution in [0.2, 0.25) is 0 Å². The van der Waals surface area contributed by atoms with Crippen molar-refractivity contribution in [1.29, 1.82) is 0 Å². The van der Waals surface area contributed by atoms with Crippen LogP contribution < -0.4 is 14.8 Å². The van der Waals surface area contributed by atoms with Gasteiger partial charge in [0.1, 0.15) is 5.75 Å². The van der Waals surface area contributed by atoms with E-state index in [-0.39, 0.29) is 18.9 Å². The summed E-state index contributed by atoms with van der Waals surface area (Å²) in [4.78, 5) is 22.4. The Hall–Kier alpha value is -3.07. The number of methoxy groups -OCH3 is 1. The smallest absolute Gasteiger partial charge is 0.307 e. The number of carbonyl (C=O) groups excluding carboxylic acids is 1. The molecule has 1 amide bonds. The topological polar surface area (TPSA) is 122 Å². The second-order valence-electron chi connectivity index (χ2n) is 6.26. The molecule has 2 aromatic rings. The Balaban J connectivity index is 2.58. The van der Waals surface area contributed by atoms with E-state index >= 15 is 0 Å². The van der Waals surface area contributed by atoms with E-state index < -0.39 is 16.0 Å². The van der Waals surface area contributed by atoms with E-state index in [0.717, 1.165) is 6.26 Å². The first-order valence-electron chi connectivity index (χ1n) is 8.33. The quantitative estimate of drug-likeness (QED) is 0.616. The number of carboxylic acids is 1. The lowest BCUT2D eigenvalue weighted by Crippen LogP contribution is -2.19. The van der Waals surface area contributed by atoms with Crippen LogP contribution in [0.5, 0.6) is 5.75 Å². The summed E-state index contributed by atoms with van der Waals surface area (Å²) in [5, 5.41) is 11.8. The summed E-state index contributed by atoms with van der Waals surface area (Å²) in [7, 11) is -1.96. The first-order valence-corrected chi connectivity index (χ1v) is 10.2. The summed E-state index contributed by atoms with van der Waals surface area (Å²) in [6.07, 6.45) is 0.901. The minimum Gasteiger partial charge on any atom is -0.496 e. The van der Waals surface area contributed by atoms with Gasteiger partial charge in [-0.1, -0.05) is 12.1 Å². The molecule has 9 heteroatoms. The molecule has 0 spiro atoms. The number of rotatable bonds is 8. The van der Waals surface area contributed by atoms with Crippen molar-refractivity contribution in [3.63, 3.8) is 0 Å². The van der Waals surface area contributed by atoms with Crippen LogP contribution >= 0.6 is 0 Å². The highest BCUT2D eigenvalue weighted by atomic mass is 32.2. The second kappa shape index (κ2) is 8.75. The van der Waals surface area contributed by atoms with Crippen molar-refractivity contribution in [1.82, 2.24) is 5.32 Å². The van der Waals surface area contributed by atoms with E-state index in [2.05, 4.69) is 10.0 Å². The van der Waals surface area contributed by atoms with Gasteiger partial charge in [-0.05, 0) is 41.0 Å². The van der Waals surface area contributed by atoms with E-state index in [0.29, 0.717) is 33.7 Å². The molecule has 0 heterocycles. The first kappa shape index (κ1) is 21.2. The standard InChI is InChI=1S/C19H22N2O6S/c1-12(22)20-11-14-10-15(21-28(3,25)26)5-6-16(14)17-8-13(9-19(23)24)4-7-18(17)27-2/h4-8,10,21H,9,11H2,1-3H3,(H,20,22)(H,23,24). The Morgan fingerprint density at radius 3 is 2.39 bits per heavy atom. The highest BCUT2D eigenvalue weighted by molar-refractivity contribution is 7.92. The van der Waals surface area contributed by atoms with Gasteiger partial charge in [-0.15, -0.1) is 0 Å². The molecular formula is C19H22N2O6S. The summed E-state index contributed by atoms with van der Waals surface area (Å²) < 4.78 is 30.9. The van der Waals surface area contributed by atoms with Crippen LogP contribution in [0.25, 0.3) is 11.1 Å². The zero-order chi connectivity index (χ0) is 20.9. The van der Waals surface area contributed by atoms with Gasteiger partial charge >= 0.3 is 5.97 Å². The Kier molecular flexibility index (Phi) is 6.63. The lowest BCUT2D eigenvalue weighted by molar-refractivity contribution is -0.136. The Labute approximate surface area is 163 Å². The molecule has 8 nitrogen and oxygen atoms in total. The van der Waals surface area contributed by atoms with Gasteiger partial charge in [-0.3, -0.25) is 14.3 Å². The Morgan fingerprint density at radius 2 is 1.82 bits per heavy atom. The van der Waals surface area contributed by atoms with Crippen molar-refractivity contribution in [2.45, 2.75) is 19.9 Å². The van der Waals surface area contributed by atoms with Crippen molar-refractivity contribution >= 4 is 27.6 Å². The maximum atomic E-state index is 11.5. The molecule has 2 rings (SSSR count). The summed E-state index contributed by atoms with van der Waals surface area (Å²) in [6.45, 7) is 1.54. The second-order valence-corrected chi connectivity index (χ2v) is 8.01. The Bertz CT molecular complexity index is 1000. The molecule has 0 saturated heterocycles. The number of nitrogens with one attached hydrogen (secondary N) is 2. The zero-order valence-electron chi connectivity index (χ0n) is 15.8. The molecule has 2 aromatic carbocycles. The van der Waals surface area contributed by atoms with E-state index in [1.807, 2.05) is 0 Å². The van der Waals surface area contributed by atoms with Crippen LogP contribution in [-0.2, 0) is 32.6 Å². The molecule has 0 saturated carbocycles. The summed E-state index contributed by atoms with van der Waals surface area (Å²) in [5.41, 5.74) is 2.93. The minimum atomic E-state index is -3.46. The first-order chi connectivity index (χ1) is 13.1. The normalized spacial score (nSPS) is 11.0. The largest absolute Gasteiger partial charge is 0.496 e. The maximum Gasteiger partial charge on any atom is 0.307 e. The number of hydrogen-bond donors (Lipinski definition) is 3. The van der Waals surface area contributed by atoms with Gasteiger partial charge in [-0.25, -0.2) is 8.42 Å². The maximum absolute atomic E-state index is 11.5. The number of aliphatic carboxylic acids is 1. The Morgan fingerprint density at radius 1 is 1.11 bits per heavy atom. The third kappa shape index (κ3) is 5.98. The summed E-state index contributed by atoms with van der Waals surface area (Å²) >= 11 is 0. The van der Waals surface area contributed by atoms with Crippen LogP contribution in [0.15, 0.2) is 36.4 Å². The van der Waals surface area contributed by atoms with Crippen LogP contribution in [0.1, 0.15) is 18.1 Å². The van der Waals surface area contributed by atoms with Gasteiger partial charge in [0.05, 0.1) is 19.8 Å². The summed E-state index contributed by atoms with van der Waals surface area (Å²) in [6, 6.07) is 9.98. The molecule has 0 aromatic heterocycles. The predicted octanol–water partition coefficient (Wildman–Crippen LogP) is 2.00. The van der Waals surface area contributed by atoms with Crippen LogP contribution in [0.4, 0.5) is 5.69 Å². The lowest BCUT2D eigenvalue weighted by Gasteiger charge is -2.16. The molecule has 0 bridgehead atoms. The van der Waals surface area contributed by atoms with Crippen molar-refractivity contribution in [3.05, 3.63) is 47.5 Å². The number of carbonyl (C=O) groups is 2. The number of sulfonamides is 1. The van der Waals surface area contributed by atoms with Crippen LogP contribution in [-0.4, -0.2) is 38.8 Å². The van der Waals surface area contributed by atoms with Crippen molar-refractivity contribution < 1.29 is 27.9 Å². The van der Waals surface area contributed by atoms with Gasteiger partial charge in [0.15, 0.2) is 0 Å². The zero-order valence-corrected chi connectivity index (χ0v) is 16.6. The molecule has 28 heavy (non-hydrogen) atoms. The van der Waals surface area contributed by atoms with Gasteiger partial charge < -0.3 is 15.2 Å². The number of amides is 1. The number of hydrogen-bond acceptors (Lipinski definition) is 5. The van der Waals surface area contributed by atoms with Crippen LogP contribution in [0.3, 0.4) is 0 Å². The lowest BCUT2D eigenvalue weighted by atomic mass is 9.95. The fourth-order valence-electron chi connectivity index (χ4n) is 2.75. The van der Waals surface area contributed by atoms with Gasteiger partial charge in [0.2, 0.25) is 15.9 Å². The van der Waals surface area contributed by atoms with E-state index in [1.54, 1.807) is 36.4 Å². The molecule has 0 unspecified atom stereocenters. The molecular weight excluding hydrogens is 384 g/mol. The van der Waals surface area contributed by atoms with E-state index in [4.69, 9.17) is 9.84 Å². The fourth-order valence-corrected chi connectivity index (χ4v) is 3.31. The monoisotopic (exact) mass is 406 g/mol. The van der Waals surface area contributed by atoms with Crippen molar-refractivity contribution in [2.24, 2.45) is 0 Å². The van der Waals surface area contributed by atoms with Gasteiger partial charge in [-0.2, -0.15) is 0 Å². The molecule has 150 valence electrons. The predicted molar refractivity (Wildman–Crippen MR) is 106 cm³/mol. The highest BCUT2D eigenvalue weighted by Gasteiger charge is 2.15. The molecule has 0 aliphatic rings. The molecule has 0 aliphatic carbocycles. The van der Waals surface area contributed by atoms with Gasteiger partial charge in [0, 0.05) is 24.7 Å². The average molecular weight is 406 g/mol. The van der Waals surface area contributed by atoms with Gasteiger partial charge in [0.25, 0.3) is 0 Å². The molecule has 0 atom stereocenters. The highest BCUT2D eigenvalue weighted by Crippen LogP contribution is 2.35. The molecule has 3 N–H and O–H groups in total. The van der Waals surface area contributed by atoms with E-state index in [1.165, 1.54) is 14.0 Å². The third-order valence-electron chi connectivity index (χ3n) is 3.85.